The first-order chi connectivity index (χ1) is 23.9. The third-order valence-electron chi connectivity index (χ3n) is 12.6. The summed E-state index contributed by atoms with van der Waals surface area (Å²) in [6.07, 6.45) is 12.9. The number of hydrogen-bond acceptors (Lipinski definition) is 11. The molecule has 0 aliphatic heterocycles. The topological polar surface area (TPSA) is 183 Å². The van der Waals surface area contributed by atoms with E-state index in [-0.39, 0.29) is 122 Å². The first-order valence-corrected chi connectivity index (χ1v) is 18.3. The molecule has 4 rings (SSSR count). The maximum Gasteiger partial charge on any atom is 0.319 e. The van der Waals surface area contributed by atoms with Crippen molar-refractivity contribution in [2.45, 2.75) is 116 Å². The van der Waals surface area contributed by atoms with Gasteiger partial charge in [0.25, 0.3) is 0 Å². The summed E-state index contributed by atoms with van der Waals surface area (Å²) in [6, 6.07) is 0. The fourth-order valence-corrected chi connectivity index (χ4v) is 10.3. The minimum Gasteiger partial charge on any atom is -0.462 e. The molecule has 11 atom stereocenters. The van der Waals surface area contributed by atoms with Gasteiger partial charge in [-0.05, 0) is 98.2 Å². The highest BCUT2D eigenvalue weighted by molar-refractivity contribution is 5.71. The molecule has 4 aliphatic rings. The smallest absolute Gasteiger partial charge is 0.319 e. The SMILES string of the molecule is C#CC#CC#COC(=O)CC[C@@H](C)[C@H]1CC[C@H]2[C@@H]3[C@H](OC(=O)CCN)C[C@@H]4C[C@H](OC(=O)CCN)CC[C@]4(C)[C@H]3C[C@H](OC(=O)CCN)[C@]12C. The number of carbonyl (C=O) groups excluding carboxylic acids is 4. The normalized spacial score (nSPS) is 34.3. The van der Waals surface area contributed by atoms with E-state index < -0.39 is 11.4 Å². The number of fused-ring (bicyclic) bond motifs is 5. The summed E-state index contributed by atoms with van der Waals surface area (Å²) in [6.45, 7) is 7.34. The van der Waals surface area contributed by atoms with Gasteiger partial charge in [0.2, 0.25) is 0 Å². The lowest BCUT2D eigenvalue weighted by atomic mass is 9.43. The van der Waals surface area contributed by atoms with Gasteiger partial charge < -0.3 is 36.1 Å². The summed E-state index contributed by atoms with van der Waals surface area (Å²) in [5.74, 6) is 8.57. The number of nitrogens with two attached hydrogens (primary N) is 3. The molecule has 0 aromatic carbocycles. The molecule has 11 nitrogen and oxygen atoms in total. The van der Waals surface area contributed by atoms with Crippen molar-refractivity contribution >= 4 is 23.9 Å². The molecule has 50 heavy (non-hydrogen) atoms. The zero-order valence-corrected chi connectivity index (χ0v) is 29.9. The van der Waals surface area contributed by atoms with Crippen molar-refractivity contribution in [3.8, 4) is 36.2 Å². The minimum absolute atomic E-state index is 0.0466. The van der Waals surface area contributed by atoms with Gasteiger partial charge in [0.05, 0.1) is 19.3 Å². The molecule has 11 heteroatoms. The second-order valence-electron chi connectivity index (χ2n) is 15.1. The fourth-order valence-electron chi connectivity index (χ4n) is 10.3. The number of carbonyl (C=O) groups is 4. The Kier molecular flexibility index (Phi) is 13.8. The van der Waals surface area contributed by atoms with Crippen molar-refractivity contribution in [1.29, 1.82) is 0 Å². The van der Waals surface area contributed by atoms with Crippen LogP contribution in [0.2, 0.25) is 0 Å². The van der Waals surface area contributed by atoms with Gasteiger partial charge in [0, 0.05) is 49.2 Å². The van der Waals surface area contributed by atoms with Crippen molar-refractivity contribution in [1.82, 2.24) is 0 Å². The highest BCUT2D eigenvalue weighted by atomic mass is 16.6. The van der Waals surface area contributed by atoms with Crippen LogP contribution in [0.1, 0.15) is 97.8 Å². The molecule has 274 valence electrons. The van der Waals surface area contributed by atoms with E-state index in [2.05, 4.69) is 50.6 Å². The van der Waals surface area contributed by atoms with Crippen LogP contribution in [-0.2, 0) is 38.1 Å². The van der Waals surface area contributed by atoms with Crippen LogP contribution in [-0.4, -0.2) is 61.8 Å². The van der Waals surface area contributed by atoms with Gasteiger partial charge >= 0.3 is 23.9 Å². The van der Waals surface area contributed by atoms with Crippen LogP contribution in [0.25, 0.3) is 0 Å². The third-order valence-corrected chi connectivity index (χ3v) is 12.6. The molecule has 0 amide bonds. The molecule has 0 heterocycles. The predicted molar refractivity (Wildman–Crippen MR) is 186 cm³/mol. The van der Waals surface area contributed by atoms with Crippen molar-refractivity contribution in [3.63, 3.8) is 0 Å². The lowest BCUT2D eigenvalue weighted by Gasteiger charge is -2.64. The van der Waals surface area contributed by atoms with E-state index in [4.69, 9.17) is 42.6 Å². The van der Waals surface area contributed by atoms with E-state index in [1.807, 2.05) is 0 Å². The molecule has 0 radical (unpaired) electrons. The Hall–Kier alpha value is -3.56. The molecule has 0 unspecified atom stereocenters. The number of hydrogen-bond donors (Lipinski definition) is 3. The molecule has 0 spiro atoms. The van der Waals surface area contributed by atoms with E-state index in [1.54, 1.807) is 0 Å². The fraction of sp³-hybridized carbons (Fsp3) is 0.744. The molecule has 0 aromatic heterocycles. The van der Waals surface area contributed by atoms with E-state index in [9.17, 15) is 19.2 Å². The van der Waals surface area contributed by atoms with Crippen molar-refractivity contribution < 1.29 is 38.1 Å². The Bertz CT molecular complexity index is 1420. The second-order valence-corrected chi connectivity index (χ2v) is 15.1. The molecule has 0 aromatic rings. The van der Waals surface area contributed by atoms with Gasteiger partial charge in [-0.1, -0.05) is 20.8 Å². The molecular formula is C39H55N3O8. The Morgan fingerprint density at radius 1 is 0.780 bits per heavy atom. The predicted octanol–water partition coefficient (Wildman–Crippen LogP) is 3.20. The van der Waals surface area contributed by atoms with Gasteiger partial charge in [0.15, 0.2) is 0 Å². The zero-order chi connectivity index (χ0) is 36.5. The van der Waals surface area contributed by atoms with Gasteiger partial charge in [0.1, 0.15) is 24.4 Å². The summed E-state index contributed by atoms with van der Waals surface area (Å²) in [5, 5.41) is 0. The summed E-state index contributed by atoms with van der Waals surface area (Å²) >= 11 is 0. The third kappa shape index (κ3) is 8.65. The highest BCUT2D eigenvalue weighted by Crippen LogP contribution is 2.69. The first kappa shape index (κ1) is 39.2. The summed E-state index contributed by atoms with van der Waals surface area (Å²) in [5.41, 5.74) is 16.6. The molecule has 4 aliphatic carbocycles. The number of rotatable bonds is 13. The van der Waals surface area contributed by atoms with Crippen LogP contribution < -0.4 is 17.2 Å². The molecule has 0 saturated heterocycles. The monoisotopic (exact) mass is 693 g/mol. The van der Waals surface area contributed by atoms with Crippen LogP contribution in [0.4, 0.5) is 0 Å². The number of esters is 4. The van der Waals surface area contributed by atoms with E-state index in [0.717, 1.165) is 25.7 Å². The molecule has 4 saturated carbocycles. The van der Waals surface area contributed by atoms with E-state index >= 15 is 0 Å². The van der Waals surface area contributed by atoms with Crippen LogP contribution in [0, 0.1) is 82.5 Å². The van der Waals surface area contributed by atoms with Gasteiger partial charge in [-0.3, -0.25) is 19.2 Å². The van der Waals surface area contributed by atoms with E-state index in [1.165, 1.54) is 0 Å². The van der Waals surface area contributed by atoms with Crippen LogP contribution in [0.3, 0.4) is 0 Å². The van der Waals surface area contributed by atoms with Gasteiger partial charge in [-0.15, -0.1) is 6.42 Å². The zero-order valence-electron chi connectivity index (χ0n) is 29.9. The summed E-state index contributed by atoms with van der Waals surface area (Å²) in [7, 11) is 0. The Morgan fingerprint density at radius 2 is 1.44 bits per heavy atom. The first-order valence-electron chi connectivity index (χ1n) is 18.3. The minimum atomic E-state index is -0.441. The summed E-state index contributed by atoms with van der Waals surface area (Å²) < 4.78 is 23.6. The van der Waals surface area contributed by atoms with Crippen molar-refractivity contribution in [2.24, 2.45) is 63.5 Å². The molecule has 6 N–H and O–H groups in total. The average molecular weight is 694 g/mol. The largest absolute Gasteiger partial charge is 0.462 e. The van der Waals surface area contributed by atoms with Gasteiger partial charge in [-0.25, -0.2) is 0 Å². The highest BCUT2D eigenvalue weighted by Gasteiger charge is 2.67. The van der Waals surface area contributed by atoms with E-state index in [0.29, 0.717) is 25.7 Å². The second kappa shape index (κ2) is 17.6. The molecule has 4 fully saturated rings. The maximum atomic E-state index is 13.2. The lowest BCUT2D eigenvalue weighted by molar-refractivity contribution is -0.225. The summed E-state index contributed by atoms with van der Waals surface area (Å²) in [4.78, 5) is 51.2. The van der Waals surface area contributed by atoms with Crippen molar-refractivity contribution in [3.05, 3.63) is 0 Å². The molecule has 0 bridgehead atoms. The average Bonchev–Trinajstić information content (AvgIpc) is 3.43. The molecular weight excluding hydrogens is 638 g/mol. The van der Waals surface area contributed by atoms with Crippen LogP contribution >= 0.6 is 0 Å². The van der Waals surface area contributed by atoms with Crippen LogP contribution in [0.15, 0.2) is 0 Å². The quantitative estimate of drug-likeness (QED) is 0.146. The number of terminal acetylenes is 1. The lowest BCUT2D eigenvalue weighted by Crippen LogP contribution is -2.63. The maximum absolute atomic E-state index is 13.2. The van der Waals surface area contributed by atoms with Crippen LogP contribution in [0.5, 0.6) is 0 Å². The van der Waals surface area contributed by atoms with Crippen molar-refractivity contribution in [2.75, 3.05) is 19.6 Å². The standard InChI is InChI=1S/C39H55N3O8/c1-5-6-7-8-21-47-33(43)12-9-25(2)28-10-11-29-37-30(24-32(39(28,29)4)50-36(46)16-20-42)38(3)17-13-27(48-34(44)14-18-40)22-26(38)23-31(37)49-35(45)15-19-41/h1,25-32,37H,9-20,22-24,40-42H2,2-4H3/t25-,26+,27-,28-,29+,30+,31-,32+,37+,38+,39-/m1/s1. The Morgan fingerprint density at radius 3 is 2.10 bits per heavy atom. The Balaban J connectivity index is 1.64. The van der Waals surface area contributed by atoms with Gasteiger partial charge in [-0.2, -0.15) is 0 Å². The number of ether oxygens (including phenoxy) is 4. The Labute approximate surface area is 297 Å².